The third-order valence-electron chi connectivity index (χ3n) is 6.79. The summed E-state index contributed by atoms with van der Waals surface area (Å²) in [5, 5.41) is 10.5. The topological polar surface area (TPSA) is 65.2 Å². The summed E-state index contributed by atoms with van der Waals surface area (Å²) in [6.45, 7) is 3.63. The summed E-state index contributed by atoms with van der Waals surface area (Å²) in [7, 11) is 0. The van der Waals surface area contributed by atoms with Gasteiger partial charge in [-0.05, 0) is 83.5 Å². The highest BCUT2D eigenvalue weighted by molar-refractivity contribution is 6.10. The highest BCUT2D eigenvalue weighted by atomic mass is 19.1. The summed E-state index contributed by atoms with van der Waals surface area (Å²) in [6, 6.07) is 6.16. The molecule has 1 atom stereocenters. The van der Waals surface area contributed by atoms with Gasteiger partial charge in [0.1, 0.15) is 5.82 Å². The number of nitrogens with one attached hydrogen (secondary N) is 4. The summed E-state index contributed by atoms with van der Waals surface area (Å²) in [6.07, 6.45) is 11.1. The van der Waals surface area contributed by atoms with E-state index in [1.165, 1.54) is 22.8 Å². The van der Waals surface area contributed by atoms with Crippen molar-refractivity contribution in [2.45, 2.75) is 44.6 Å². The van der Waals surface area contributed by atoms with Crippen LogP contribution >= 0.6 is 0 Å². The van der Waals surface area contributed by atoms with E-state index in [0.29, 0.717) is 11.6 Å². The van der Waals surface area contributed by atoms with Crippen LogP contribution in [0.25, 0.3) is 28.5 Å². The van der Waals surface area contributed by atoms with Crippen molar-refractivity contribution in [1.82, 2.24) is 21.5 Å². The van der Waals surface area contributed by atoms with Gasteiger partial charge in [0, 0.05) is 37.4 Å². The Kier molecular flexibility index (Phi) is 6.46. The molecule has 1 aliphatic heterocycles. The molecule has 2 aromatic carbocycles. The number of carbonyl (C=O) groups excluding carboxylic acids is 1. The maximum absolute atomic E-state index is 15.0. The molecule has 2 aliphatic carbocycles. The Labute approximate surface area is 187 Å². The number of aryl methyl sites for hydroxylation is 1. The number of hydrazine groups is 1. The van der Waals surface area contributed by atoms with Crippen molar-refractivity contribution in [3.8, 4) is 0 Å². The third kappa shape index (κ3) is 4.28. The minimum atomic E-state index is -0.301. The molecular weight excluding hydrogens is 403 g/mol. The van der Waals surface area contributed by atoms with E-state index in [4.69, 9.17) is 0 Å². The van der Waals surface area contributed by atoms with Crippen molar-refractivity contribution in [2.75, 3.05) is 26.3 Å². The van der Waals surface area contributed by atoms with Crippen molar-refractivity contribution >= 4 is 34.3 Å². The largest absolute Gasteiger partial charge is 0.304 e. The quantitative estimate of drug-likeness (QED) is 0.550. The van der Waals surface area contributed by atoms with E-state index in [0.717, 1.165) is 74.4 Å². The predicted molar refractivity (Wildman–Crippen MR) is 128 cm³/mol. The van der Waals surface area contributed by atoms with Gasteiger partial charge >= 0.3 is 0 Å². The molecule has 0 saturated carbocycles. The number of rotatable bonds is 1. The van der Waals surface area contributed by atoms with Gasteiger partial charge in [0.2, 0.25) is 0 Å². The molecule has 0 amide bonds. The molecule has 0 aromatic heterocycles. The fraction of sp³-hybridized carbons (Fsp3) is 0.423. The fourth-order valence-corrected chi connectivity index (χ4v) is 5.19. The van der Waals surface area contributed by atoms with Gasteiger partial charge in [0.05, 0.1) is 0 Å². The molecule has 168 valence electrons. The van der Waals surface area contributed by atoms with Crippen LogP contribution in [0.5, 0.6) is 0 Å². The Bertz CT molecular complexity index is 1170. The van der Waals surface area contributed by atoms with Crippen LogP contribution in [-0.2, 0) is 11.2 Å². The lowest BCUT2D eigenvalue weighted by atomic mass is 9.82. The lowest BCUT2D eigenvalue weighted by molar-refractivity contribution is -0.112. The Morgan fingerprint density at radius 2 is 1.84 bits per heavy atom. The van der Waals surface area contributed by atoms with Crippen LogP contribution in [0.15, 0.2) is 24.3 Å². The SMILES string of the molecule is O=C1C=c2c(F)cc3c4c(ccc3c2=CC1)C(C1CCNNCCCCNCN1)=CCC4. The molecule has 0 radical (unpaired) electrons. The van der Waals surface area contributed by atoms with Crippen LogP contribution in [0.2, 0.25) is 0 Å². The van der Waals surface area contributed by atoms with Crippen molar-refractivity contribution < 1.29 is 9.18 Å². The molecule has 6 heteroatoms. The van der Waals surface area contributed by atoms with Crippen LogP contribution in [0.1, 0.15) is 43.2 Å². The van der Waals surface area contributed by atoms with Gasteiger partial charge in [-0.25, -0.2) is 4.39 Å². The molecule has 1 heterocycles. The number of fused-ring (bicyclic) bond motifs is 5. The molecule has 5 rings (SSSR count). The first-order valence-electron chi connectivity index (χ1n) is 11.8. The summed E-state index contributed by atoms with van der Waals surface area (Å²) >= 11 is 0. The number of hydrogen-bond acceptors (Lipinski definition) is 5. The average molecular weight is 435 g/mol. The number of benzene rings is 2. The number of allylic oxidation sites excluding steroid dienone is 1. The van der Waals surface area contributed by atoms with Gasteiger partial charge in [-0.1, -0.05) is 24.3 Å². The minimum Gasteiger partial charge on any atom is -0.304 e. The normalized spacial score (nSPS) is 22.5. The lowest BCUT2D eigenvalue weighted by Gasteiger charge is -2.28. The maximum Gasteiger partial charge on any atom is 0.160 e. The minimum absolute atomic E-state index is 0.0378. The fourth-order valence-electron chi connectivity index (χ4n) is 5.19. The molecule has 1 unspecified atom stereocenters. The molecular formula is C26H31FN4O. The molecule has 1 saturated heterocycles. The molecule has 5 nitrogen and oxygen atoms in total. The van der Waals surface area contributed by atoms with Crippen LogP contribution in [0.4, 0.5) is 4.39 Å². The Morgan fingerprint density at radius 3 is 2.78 bits per heavy atom. The van der Waals surface area contributed by atoms with E-state index in [2.05, 4.69) is 39.7 Å². The predicted octanol–water partition coefficient (Wildman–Crippen LogP) is 1.63. The van der Waals surface area contributed by atoms with Gasteiger partial charge in [0.15, 0.2) is 5.78 Å². The van der Waals surface area contributed by atoms with Crippen molar-refractivity contribution in [2.24, 2.45) is 0 Å². The first-order chi connectivity index (χ1) is 15.7. The molecule has 0 spiro atoms. The van der Waals surface area contributed by atoms with Crippen molar-refractivity contribution in [3.05, 3.63) is 51.7 Å². The highest BCUT2D eigenvalue weighted by Crippen LogP contribution is 2.34. The first kappa shape index (κ1) is 21.5. The third-order valence-corrected chi connectivity index (χ3v) is 6.79. The average Bonchev–Trinajstić information content (AvgIpc) is 2.79. The molecule has 32 heavy (non-hydrogen) atoms. The van der Waals surface area contributed by atoms with Crippen LogP contribution in [-0.4, -0.2) is 38.1 Å². The lowest BCUT2D eigenvalue weighted by Crippen LogP contribution is -2.43. The first-order valence-corrected chi connectivity index (χ1v) is 11.8. The maximum atomic E-state index is 15.0. The van der Waals surface area contributed by atoms with E-state index in [1.807, 2.05) is 6.08 Å². The Hall–Kier alpha value is -2.38. The number of halogens is 1. The number of carbonyl (C=O) groups is 1. The van der Waals surface area contributed by atoms with Gasteiger partial charge in [0.25, 0.3) is 0 Å². The second kappa shape index (κ2) is 9.63. The zero-order valence-corrected chi connectivity index (χ0v) is 18.4. The molecule has 3 aliphatic rings. The molecule has 1 fully saturated rings. The van der Waals surface area contributed by atoms with Gasteiger partial charge < -0.3 is 5.32 Å². The molecule has 4 N–H and O–H groups in total. The van der Waals surface area contributed by atoms with E-state index < -0.39 is 0 Å². The Morgan fingerprint density at radius 1 is 0.969 bits per heavy atom. The van der Waals surface area contributed by atoms with E-state index in [1.54, 1.807) is 6.07 Å². The van der Waals surface area contributed by atoms with E-state index in [9.17, 15) is 9.18 Å². The second-order valence-electron chi connectivity index (χ2n) is 8.87. The summed E-state index contributed by atoms with van der Waals surface area (Å²) < 4.78 is 15.0. The van der Waals surface area contributed by atoms with Gasteiger partial charge in [-0.15, -0.1) is 0 Å². The highest BCUT2D eigenvalue weighted by Gasteiger charge is 2.23. The van der Waals surface area contributed by atoms with Gasteiger partial charge in [-0.2, -0.15) is 0 Å². The number of Topliss-reactive ketones (excluding diaryl/α,β-unsaturated/α-hetero) is 1. The van der Waals surface area contributed by atoms with Gasteiger partial charge in [-0.3, -0.25) is 21.0 Å². The molecule has 0 bridgehead atoms. The van der Waals surface area contributed by atoms with Crippen molar-refractivity contribution in [3.63, 3.8) is 0 Å². The van der Waals surface area contributed by atoms with E-state index >= 15 is 0 Å². The smallest absolute Gasteiger partial charge is 0.160 e. The van der Waals surface area contributed by atoms with Crippen LogP contribution in [0, 0.1) is 5.82 Å². The Balaban J connectivity index is 1.53. The van der Waals surface area contributed by atoms with E-state index in [-0.39, 0.29) is 17.6 Å². The van der Waals surface area contributed by atoms with Crippen LogP contribution < -0.4 is 31.9 Å². The number of ketones is 1. The summed E-state index contributed by atoms with van der Waals surface area (Å²) in [4.78, 5) is 11.8. The van der Waals surface area contributed by atoms with Crippen LogP contribution in [0.3, 0.4) is 0 Å². The second-order valence-corrected chi connectivity index (χ2v) is 8.87. The summed E-state index contributed by atoms with van der Waals surface area (Å²) in [5.41, 5.74) is 10.4. The number of hydrogen-bond donors (Lipinski definition) is 4. The monoisotopic (exact) mass is 434 g/mol. The summed E-state index contributed by atoms with van der Waals surface area (Å²) in [5.74, 6) is -0.339. The van der Waals surface area contributed by atoms with Crippen molar-refractivity contribution in [1.29, 1.82) is 0 Å². The zero-order chi connectivity index (χ0) is 21.9. The zero-order valence-electron chi connectivity index (χ0n) is 18.4. The standard InChI is InChI=1S/C26H31FN4O/c27-25-15-23-18-4-3-5-22(26-10-13-31-30-12-2-1-11-28-16-29-26)19(18)8-9-20(23)21-7-6-17(32)14-24(21)25/h5,7-9,14-15,26,28-31H,1-4,6,10-13,16H2. The molecule has 2 aromatic rings.